The molecule has 0 radical (unpaired) electrons. The first-order valence-electron chi connectivity index (χ1n) is 11.7. The van der Waals surface area contributed by atoms with Gasteiger partial charge in [-0.3, -0.25) is 29.0 Å². The first-order valence-corrected chi connectivity index (χ1v) is 11.7. The van der Waals surface area contributed by atoms with Crippen molar-refractivity contribution in [2.45, 2.75) is 62.7 Å². The zero-order valence-electron chi connectivity index (χ0n) is 21.0. The number of imidazole rings is 1. The van der Waals surface area contributed by atoms with Gasteiger partial charge in [-0.15, -0.1) is 0 Å². The average Bonchev–Trinajstić information content (AvgIpc) is 3.35. The van der Waals surface area contributed by atoms with Crippen molar-refractivity contribution in [2.24, 2.45) is 27.9 Å². The Morgan fingerprint density at radius 2 is 1.54 bits per heavy atom. The number of hydrogen-bond donors (Lipinski definition) is 10. The highest BCUT2D eigenvalue weighted by atomic mass is 16.4. The minimum Gasteiger partial charge on any atom is -0.481 e. The zero-order chi connectivity index (χ0) is 29.5. The highest BCUT2D eigenvalue weighted by molar-refractivity contribution is 5.96. The highest BCUT2D eigenvalue weighted by Crippen LogP contribution is 2.05. The van der Waals surface area contributed by atoms with Crippen LogP contribution in [0.15, 0.2) is 17.5 Å². The molecule has 1 heterocycles. The maximum absolute atomic E-state index is 12.9. The minimum absolute atomic E-state index is 0.129. The molecule has 0 aliphatic carbocycles. The number of primary amides is 1. The second-order valence-electron chi connectivity index (χ2n) is 8.46. The van der Waals surface area contributed by atoms with Crippen LogP contribution in [0.5, 0.6) is 0 Å². The SMILES string of the molecule is NC(=O)CC(NC(=O)C(N)CCCN=C(N)N)C(=O)NC(CCC(=O)O)C(=O)NC(Cc1cnc[nH]1)C(=O)O. The first kappa shape index (κ1) is 32.3. The van der Waals surface area contributed by atoms with Crippen LogP contribution in [0.1, 0.15) is 37.8 Å². The predicted octanol–water partition coefficient (Wildman–Crippen LogP) is -4.39. The molecule has 18 heteroatoms. The van der Waals surface area contributed by atoms with E-state index in [2.05, 4.69) is 30.9 Å². The number of rotatable bonds is 18. The van der Waals surface area contributed by atoms with Crippen molar-refractivity contribution < 1.29 is 39.0 Å². The summed E-state index contributed by atoms with van der Waals surface area (Å²) in [5.41, 5.74) is 21.8. The molecule has 0 bridgehead atoms. The van der Waals surface area contributed by atoms with Crippen LogP contribution in [-0.2, 0) is 35.2 Å². The first-order chi connectivity index (χ1) is 18.3. The number of carboxylic acid groups (broad SMARTS) is 2. The van der Waals surface area contributed by atoms with E-state index in [-0.39, 0.29) is 25.3 Å². The molecule has 4 unspecified atom stereocenters. The van der Waals surface area contributed by atoms with Crippen molar-refractivity contribution in [3.8, 4) is 0 Å². The van der Waals surface area contributed by atoms with Crippen LogP contribution in [0, 0.1) is 0 Å². The molecule has 0 aliphatic heterocycles. The Kier molecular flexibility index (Phi) is 13.4. The molecule has 0 saturated carbocycles. The van der Waals surface area contributed by atoms with Crippen molar-refractivity contribution in [3.63, 3.8) is 0 Å². The highest BCUT2D eigenvalue weighted by Gasteiger charge is 2.31. The second kappa shape index (κ2) is 16.2. The van der Waals surface area contributed by atoms with Gasteiger partial charge in [-0.05, 0) is 19.3 Å². The Morgan fingerprint density at radius 3 is 2.08 bits per heavy atom. The minimum atomic E-state index is -1.56. The summed E-state index contributed by atoms with van der Waals surface area (Å²) >= 11 is 0. The lowest BCUT2D eigenvalue weighted by molar-refractivity contribution is -0.143. The van der Waals surface area contributed by atoms with Gasteiger partial charge >= 0.3 is 11.9 Å². The molecule has 14 N–H and O–H groups in total. The molecule has 0 fully saturated rings. The van der Waals surface area contributed by atoms with Crippen molar-refractivity contribution in [1.82, 2.24) is 25.9 Å². The Morgan fingerprint density at radius 1 is 0.923 bits per heavy atom. The molecule has 39 heavy (non-hydrogen) atoms. The molecule has 1 aromatic heterocycles. The van der Waals surface area contributed by atoms with E-state index in [1.54, 1.807) is 0 Å². The fourth-order valence-corrected chi connectivity index (χ4v) is 3.24. The predicted molar refractivity (Wildman–Crippen MR) is 134 cm³/mol. The third-order valence-electron chi connectivity index (χ3n) is 5.22. The zero-order valence-corrected chi connectivity index (χ0v) is 21.0. The number of H-pyrrole nitrogens is 1. The number of nitrogens with one attached hydrogen (secondary N) is 4. The number of guanidine groups is 1. The number of aliphatic carboxylic acids is 2. The third kappa shape index (κ3) is 12.9. The maximum atomic E-state index is 12.9. The van der Waals surface area contributed by atoms with E-state index >= 15 is 0 Å². The van der Waals surface area contributed by atoms with Gasteiger partial charge in [-0.2, -0.15) is 0 Å². The molecule has 0 aliphatic rings. The molecule has 0 spiro atoms. The molecule has 4 atom stereocenters. The summed E-state index contributed by atoms with van der Waals surface area (Å²) in [4.78, 5) is 82.8. The van der Waals surface area contributed by atoms with Gasteiger partial charge in [0.25, 0.3) is 0 Å². The molecule has 1 aromatic rings. The Hall–Kier alpha value is -4.74. The summed E-state index contributed by atoms with van der Waals surface area (Å²) in [6, 6.07) is -5.63. The number of aromatic nitrogens is 2. The van der Waals surface area contributed by atoms with Crippen molar-refractivity contribution in [1.29, 1.82) is 0 Å². The van der Waals surface area contributed by atoms with Gasteiger partial charge in [0.1, 0.15) is 18.1 Å². The van der Waals surface area contributed by atoms with E-state index in [1.807, 2.05) is 0 Å². The number of aromatic amines is 1. The number of aliphatic imine (C=N–C) groups is 1. The number of carboxylic acids is 2. The van der Waals surface area contributed by atoms with Gasteiger partial charge in [0.15, 0.2) is 5.96 Å². The summed E-state index contributed by atoms with van der Waals surface area (Å²) in [7, 11) is 0. The summed E-state index contributed by atoms with van der Waals surface area (Å²) < 4.78 is 0. The van der Waals surface area contributed by atoms with Crippen molar-refractivity contribution in [3.05, 3.63) is 18.2 Å². The lowest BCUT2D eigenvalue weighted by atomic mass is 10.1. The summed E-state index contributed by atoms with van der Waals surface area (Å²) in [5.74, 6) is -6.63. The van der Waals surface area contributed by atoms with E-state index in [0.717, 1.165) is 0 Å². The molecule has 216 valence electrons. The molecule has 4 amide bonds. The lowest BCUT2D eigenvalue weighted by Gasteiger charge is -2.24. The standard InChI is InChI=1S/C21H34N10O8/c22-11(2-1-5-27-21(24)25)17(35)30-13(7-15(23)32)19(37)29-12(3-4-16(33)34)18(36)31-14(20(38)39)6-10-8-26-9-28-10/h8-9,11-14H,1-7,22H2,(H2,23,32)(H,26,28)(H,29,37)(H,30,35)(H,31,36)(H,33,34)(H,38,39)(H4,24,25,27). The Balaban J connectivity index is 2.96. The van der Waals surface area contributed by atoms with Gasteiger partial charge in [0.2, 0.25) is 23.6 Å². The van der Waals surface area contributed by atoms with Crippen LogP contribution >= 0.6 is 0 Å². The molecular formula is C21H34N10O8. The topological polar surface area (TPSA) is 324 Å². The van der Waals surface area contributed by atoms with E-state index < -0.39 is 79.0 Å². The van der Waals surface area contributed by atoms with Gasteiger partial charge in [-0.1, -0.05) is 0 Å². The van der Waals surface area contributed by atoms with Gasteiger partial charge in [0, 0.05) is 31.3 Å². The van der Waals surface area contributed by atoms with Crippen LogP contribution in [0.4, 0.5) is 0 Å². The quantitative estimate of drug-likeness (QED) is 0.0467. The van der Waals surface area contributed by atoms with Crippen LogP contribution in [-0.4, -0.2) is 92.4 Å². The molecule has 0 saturated heterocycles. The van der Waals surface area contributed by atoms with Crippen molar-refractivity contribution in [2.75, 3.05) is 6.54 Å². The van der Waals surface area contributed by atoms with Crippen LogP contribution in [0.2, 0.25) is 0 Å². The third-order valence-corrected chi connectivity index (χ3v) is 5.22. The number of amides is 4. The lowest BCUT2D eigenvalue weighted by Crippen LogP contribution is -2.58. The molecule has 0 aromatic carbocycles. The maximum Gasteiger partial charge on any atom is 0.326 e. The van der Waals surface area contributed by atoms with Gasteiger partial charge in [-0.25, -0.2) is 9.78 Å². The van der Waals surface area contributed by atoms with E-state index in [0.29, 0.717) is 12.1 Å². The fourth-order valence-electron chi connectivity index (χ4n) is 3.24. The number of carbonyl (C=O) groups excluding carboxylic acids is 4. The smallest absolute Gasteiger partial charge is 0.326 e. The van der Waals surface area contributed by atoms with E-state index in [4.69, 9.17) is 28.0 Å². The Bertz CT molecular complexity index is 1040. The molecule has 18 nitrogen and oxygen atoms in total. The van der Waals surface area contributed by atoms with Gasteiger partial charge in [0.05, 0.1) is 18.8 Å². The van der Waals surface area contributed by atoms with Crippen LogP contribution < -0.4 is 38.9 Å². The number of carbonyl (C=O) groups is 6. The summed E-state index contributed by atoms with van der Waals surface area (Å²) in [5, 5.41) is 25.3. The number of nitrogens with zero attached hydrogens (tertiary/aromatic N) is 2. The summed E-state index contributed by atoms with van der Waals surface area (Å²) in [6.07, 6.45) is 1.30. The van der Waals surface area contributed by atoms with Crippen LogP contribution in [0.25, 0.3) is 0 Å². The van der Waals surface area contributed by atoms with Crippen molar-refractivity contribution >= 4 is 41.5 Å². The molecular weight excluding hydrogens is 520 g/mol. The van der Waals surface area contributed by atoms with Crippen LogP contribution in [0.3, 0.4) is 0 Å². The largest absolute Gasteiger partial charge is 0.481 e. The number of hydrogen-bond acceptors (Lipinski definition) is 9. The fraction of sp³-hybridized carbons (Fsp3) is 0.524. The average molecular weight is 555 g/mol. The number of nitrogens with two attached hydrogens (primary N) is 4. The summed E-state index contributed by atoms with van der Waals surface area (Å²) in [6.45, 7) is 0.201. The normalized spacial score (nSPS) is 13.7. The molecule has 1 rings (SSSR count). The van der Waals surface area contributed by atoms with E-state index in [1.165, 1.54) is 12.5 Å². The van der Waals surface area contributed by atoms with Gasteiger partial charge < -0.3 is 54.1 Å². The van der Waals surface area contributed by atoms with E-state index in [9.17, 15) is 33.9 Å². The second-order valence-corrected chi connectivity index (χ2v) is 8.46. The Labute approximate surface area is 222 Å². The monoisotopic (exact) mass is 554 g/mol.